The van der Waals surface area contributed by atoms with E-state index in [-0.39, 0.29) is 11.5 Å². The van der Waals surface area contributed by atoms with Gasteiger partial charge in [-0.05, 0) is 17.7 Å². The predicted molar refractivity (Wildman–Crippen MR) is 74.8 cm³/mol. The first-order valence-electron chi connectivity index (χ1n) is 6.02. The van der Waals surface area contributed by atoms with Crippen LogP contribution in [0.5, 0.6) is 0 Å². The quantitative estimate of drug-likeness (QED) is 0.923. The molecule has 0 amide bonds. The molecule has 0 spiro atoms. The molecule has 0 saturated heterocycles. The average molecular weight is 271 g/mol. The van der Waals surface area contributed by atoms with Gasteiger partial charge in [-0.1, -0.05) is 6.07 Å². The molecular formula is C14H14FN5. The summed E-state index contributed by atoms with van der Waals surface area (Å²) < 4.78 is 13.8. The molecule has 0 fully saturated rings. The third kappa shape index (κ3) is 3.01. The van der Waals surface area contributed by atoms with Gasteiger partial charge in [0.1, 0.15) is 11.9 Å². The number of halogens is 1. The third-order valence-electron chi connectivity index (χ3n) is 2.76. The summed E-state index contributed by atoms with van der Waals surface area (Å²) >= 11 is 0. The summed E-state index contributed by atoms with van der Waals surface area (Å²) in [5.74, 6) is 0.112. The molecular weight excluding hydrogens is 257 g/mol. The van der Waals surface area contributed by atoms with Crippen LogP contribution in [0.3, 0.4) is 0 Å². The first kappa shape index (κ1) is 13.7. The van der Waals surface area contributed by atoms with E-state index in [1.54, 1.807) is 25.1 Å². The van der Waals surface area contributed by atoms with E-state index in [0.717, 1.165) is 5.56 Å². The van der Waals surface area contributed by atoms with Crippen LogP contribution in [-0.2, 0) is 6.54 Å². The summed E-state index contributed by atoms with van der Waals surface area (Å²) in [6.45, 7) is 0.373. The zero-order valence-corrected chi connectivity index (χ0v) is 11.3. The Labute approximate surface area is 116 Å². The largest absolute Gasteiger partial charge is 0.375 e. The van der Waals surface area contributed by atoms with E-state index in [9.17, 15) is 4.39 Å². The van der Waals surface area contributed by atoms with Gasteiger partial charge in [-0.25, -0.2) is 14.4 Å². The van der Waals surface area contributed by atoms with Gasteiger partial charge in [-0.15, -0.1) is 0 Å². The normalized spacial score (nSPS) is 9.90. The Morgan fingerprint density at radius 3 is 2.70 bits per heavy atom. The molecule has 20 heavy (non-hydrogen) atoms. The van der Waals surface area contributed by atoms with Gasteiger partial charge in [-0.3, -0.25) is 0 Å². The molecule has 1 aromatic carbocycles. The fourth-order valence-electron chi connectivity index (χ4n) is 1.76. The van der Waals surface area contributed by atoms with Gasteiger partial charge in [0.2, 0.25) is 0 Å². The fraction of sp³-hybridized carbons (Fsp3) is 0.214. The second-order valence-electron chi connectivity index (χ2n) is 4.40. The van der Waals surface area contributed by atoms with Gasteiger partial charge in [0.15, 0.2) is 11.5 Å². The van der Waals surface area contributed by atoms with Crippen molar-refractivity contribution in [1.29, 1.82) is 5.26 Å². The van der Waals surface area contributed by atoms with Crippen molar-refractivity contribution in [3.63, 3.8) is 0 Å². The highest BCUT2D eigenvalue weighted by Crippen LogP contribution is 2.19. The maximum atomic E-state index is 13.8. The molecule has 0 radical (unpaired) electrons. The molecule has 1 N–H and O–H groups in total. The lowest BCUT2D eigenvalue weighted by Gasteiger charge is -2.14. The number of anilines is 2. The Hall–Kier alpha value is -2.68. The minimum atomic E-state index is -0.283. The van der Waals surface area contributed by atoms with Crippen molar-refractivity contribution in [2.75, 3.05) is 24.3 Å². The SMILES string of the molecule is CN(C)c1ccc(CNc2nccnc2C#N)cc1F. The number of hydrogen-bond acceptors (Lipinski definition) is 5. The molecule has 6 heteroatoms. The second kappa shape index (κ2) is 5.97. The van der Waals surface area contributed by atoms with E-state index in [1.165, 1.54) is 18.5 Å². The summed E-state index contributed by atoms with van der Waals surface area (Å²) in [4.78, 5) is 9.64. The number of aromatic nitrogens is 2. The van der Waals surface area contributed by atoms with Crippen molar-refractivity contribution in [2.24, 2.45) is 0 Å². The monoisotopic (exact) mass is 271 g/mol. The van der Waals surface area contributed by atoms with Crippen molar-refractivity contribution in [3.05, 3.63) is 47.7 Å². The Bertz CT molecular complexity index is 648. The molecule has 0 bridgehead atoms. The van der Waals surface area contributed by atoms with E-state index in [2.05, 4.69) is 15.3 Å². The molecule has 0 saturated carbocycles. The number of hydrogen-bond donors (Lipinski definition) is 1. The van der Waals surface area contributed by atoms with Gasteiger partial charge in [0.25, 0.3) is 0 Å². The van der Waals surface area contributed by atoms with Gasteiger partial charge < -0.3 is 10.2 Å². The van der Waals surface area contributed by atoms with Crippen LogP contribution in [-0.4, -0.2) is 24.1 Å². The van der Waals surface area contributed by atoms with Crippen LogP contribution in [0, 0.1) is 17.1 Å². The van der Waals surface area contributed by atoms with Crippen molar-refractivity contribution in [2.45, 2.75) is 6.54 Å². The predicted octanol–water partition coefficient (Wildman–Crippen LogP) is 2.17. The van der Waals surface area contributed by atoms with Crippen LogP contribution >= 0.6 is 0 Å². The van der Waals surface area contributed by atoms with E-state index >= 15 is 0 Å². The molecule has 5 nitrogen and oxygen atoms in total. The van der Waals surface area contributed by atoms with E-state index in [4.69, 9.17) is 5.26 Å². The average Bonchev–Trinajstić information content (AvgIpc) is 2.45. The number of benzene rings is 1. The van der Waals surface area contributed by atoms with Crippen molar-refractivity contribution in [3.8, 4) is 6.07 Å². The van der Waals surface area contributed by atoms with Gasteiger partial charge in [0.05, 0.1) is 5.69 Å². The van der Waals surface area contributed by atoms with Crippen LogP contribution in [0.1, 0.15) is 11.3 Å². The van der Waals surface area contributed by atoms with Crippen molar-refractivity contribution >= 4 is 11.5 Å². The molecule has 0 atom stereocenters. The topological polar surface area (TPSA) is 64.8 Å². The van der Waals surface area contributed by atoms with Crippen LogP contribution < -0.4 is 10.2 Å². The fourth-order valence-corrected chi connectivity index (χ4v) is 1.76. The highest BCUT2D eigenvalue weighted by Gasteiger charge is 2.07. The molecule has 0 aliphatic heterocycles. The maximum Gasteiger partial charge on any atom is 0.182 e. The lowest BCUT2D eigenvalue weighted by molar-refractivity contribution is 0.624. The van der Waals surface area contributed by atoms with E-state index in [0.29, 0.717) is 18.1 Å². The van der Waals surface area contributed by atoms with Crippen molar-refractivity contribution in [1.82, 2.24) is 9.97 Å². The molecule has 102 valence electrons. The standard InChI is InChI=1S/C14H14FN5/c1-20(2)13-4-3-10(7-11(13)15)9-19-14-12(8-16)17-5-6-18-14/h3-7H,9H2,1-2H3,(H,18,19). The summed E-state index contributed by atoms with van der Waals surface area (Å²) in [7, 11) is 3.57. The number of rotatable bonds is 4. The Morgan fingerprint density at radius 2 is 2.05 bits per heavy atom. The van der Waals surface area contributed by atoms with Gasteiger partial charge in [0, 0.05) is 33.0 Å². The third-order valence-corrected chi connectivity index (χ3v) is 2.76. The van der Waals surface area contributed by atoms with Crippen LogP contribution in [0.25, 0.3) is 0 Å². The molecule has 0 aliphatic rings. The van der Waals surface area contributed by atoms with Crippen LogP contribution in [0.4, 0.5) is 15.9 Å². The second-order valence-corrected chi connectivity index (χ2v) is 4.40. The number of nitriles is 1. The Balaban J connectivity index is 2.12. The summed E-state index contributed by atoms with van der Waals surface area (Å²) in [5.41, 5.74) is 1.52. The molecule has 0 aliphatic carbocycles. The van der Waals surface area contributed by atoms with Crippen molar-refractivity contribution < 1.29 is 4.39 Å². The lowest BCUT2D eigenvalue weighted by Crippen LogP contribution is -2.11. The number of nitrogens with zero attached hydrogens (tertiary/aromatic N) is 4. The first-order valence-corrected chi connectivity index (χ1v) is 6.02. The minimum Gasteiger partial charge on any atom is -0.375 e. The molecule has 1 heterocycles. The maximum absolute atomic E-state index is 13.8. The Morgan fingerprint density at radius 1 is 1.30 bits per heavy atom. The smallest absolute Gasteiger partial charge is 0.182 e. The molecule has 2 aromatic rings. The van der Waals surface area contributed by atoms with Crippen LogP contribution in [0.15, 0.2) is 30.6 Å². The highest BCUT2D eigenvalue weighted by atomic mass is 19.1. The molecule has 2 rings (SSSR count). The summed E-state index contributed by atoms with van der Waals surface area (Å²) in [6.07, 6.45) is 2.95. The minimum absolute atomic E-state index is 0.220. The first-order chi connectivity index (χ1) is 9.61. The summed E-state index contributed by atoms with van der Waals surface area (Å²) in [6, 6.07) is 6.96. The Kier molecular flexibility index (Phi) is 4.11. The number of nitrogens with one attached hydrogen (secondary N) is 1. The highest BCUT2D eigenvalue weighted by molar-refractivity contribution is 5.50. The molecule has 1 aromatic heterocycles. The zero-order valence-electron chi connectivity index (χ0n) is 11.3. The lowest BCUT2D eigenvalue weighted by atomic mass is 10.2. The van der Waals surface area contributed by atoms with E-state index < -0.39 is 0 Å². The molecule has 0 unspecified atom stereocenters. The zero-order chi connectivity index (χ0) is 14.5. The van der Waals surface area contributed by atoms with Gasteiger partial charge in [-0.2, -0.15) is 5.26 Å². The van der Waals surface area contributed by atoms with E-state index in [1.807, 2.05) is 12.1 Å². The summed E-state index contributed by atoms with van der Waals surface area (Å²) in [5, 5.41) is 11.9. The van der Waals surface area contributed by atoms with Gasteiger partial charge >= 0.3 is 0 Å². The van der Waals surface area contributed by atoms with Crippen LogP contribution in [0.2, 0.25) is 0 Å².